The molecule has 1 saturated carbocycles. The van der Waals surface area contributed by atoms with Gasteiger partial charge in [0.2, 0.25) is 5.13 Å². The summed E-state index contributed by atoms with van der Waals surface area (Å²) >= 11 is 1.47. The van der Waals surface area contributed by atoms with E-state index >= 15 is 0 Å². The maximum absolute atomic E-state index is 5.01. The molecule has 0 saturated heterocycles. The van der Waals surface area contributed by atoms with Crippen molar-refractivity contribution in [2.45, 2.75) is 44.6 Å². The molecule has 16 heavy (non-hydrogen) atoms. The quantitative estimate of drug-likeness (QED) is 0.860. The molecule has 90 valence electrons. The van der Waals surface area contributed by atoms with Crippen molar-refractivity contribution in [2.75, 3.05) is 19.0 Å². The normalized spacial score (nSPS) is 17.6. The van der Waals surface area contributed by atoms with E-state index in [2.05, 4.69) is 14.7 Å². The van der Waals surface area contributed by atoms with Gasteiger partial charge in [-0.15, -0.1) is 0 Å². The molecular formula is C11H19N3OS. The number of methoxy groups -OCH3 is 1. The van der Waals surface area contributed by atoms with Crippen LogP contribution in [0.4, 0.5) is 5.13 Å². The van der Waals surface area contributed by atoms with E-state index in [1.165, 1.54) is 43.6 Å². The molecule has 0 spiro atoms. The van der Waals surface area contributed by atoms with Gasteiger partial charge < -0.3 is 10.1 Å². The topological polar surface area (TPSA) is 47.0 Å². The van der Waals surface area contributed by atoms with Gasteiger partial charge in [0, 0.05) is 31.1 Å². The maximum atomic E-state index is 5.01. The molecule has 0 atom stereocenters. The van der Waals surface area contributed by atoms with Gasteiger partial charge in [-0.25, -0.2) is 4.98 Å². The Morgan fingerprint density at radius 1 is 1.38 bits per heavy atom. The minimum absolute atomic E-state index is 0.608. The fourth-order valence-corrected chi connectivity index (χ4v) is 2.72. The summed E-state index contributed by atoms with van der Waals surface area (Å²) in [5.74, 6) is 0.894. The number of ether oxygens (including phenoxy) is 1. The SMILES string of the molecule is COCCc1nsc(NC2CCCCC2)n1. The molecule has 4 nitrogen and oxygen atoms in total. The summed E-state index contributed by atoms with van der Waals surface area (Å²) in [6.45, 7) is 0.694. The first-order valence-corrected chi connectivity index (χ1v) is 6.74. The lowest BCUT2D eigenvalue weighted by Crippen LogP contribution is -2.22. The van der Waals surface area contributed by atoms with Crippen LogP contribution in [-0.4, -0.2) is 29.1 Å². The maximum Gasteiger partial charge on any atom is 0.202 e. The van der Waals surface area contributed by atoms with Gasteiger partial charge in [-0.2, -0.15) is 4.37 Å². The first-order chi connectivity index (χ1) is 7.88. The zero-order chi connectivity index (χ0) is 11.2. The van der Waals surface area contributed by atoms with Crippen LogP contribution >= 0.6 is 11.5 Å². The molecule has 1 fully saturated rings. The van der Waals surface area contributed by atoms with Crippen LogP contribution in [0.5, 0.6) is 0 Å². The highest BCUT2D eigenvalue weighted by Gasteiger charge is 2.14. The van der Waals surface area contributed by atoms with Gasteiger partial charge in [0.1, 0.15) is 5.82 Å². The van der Waals surface area contributed by atoms with Gasteiger partial charge in [0.15, 0.2) is 0 Å². The summed E-state index contributed by atoms with van der Waals surface area (Å²) in [4.78, 5) is 4.46. The molecule has 1 aromatic heterocycles. The monoisotopic (exact) mass is 241 g/mol. The smallest absolute Gasteiger partial charge is 0.202 e. The second-order valence-electron chi connectivity index (χ2n) is 4.24. The average Bonchev–Trinajstić information content (AvgIpc) is 2.75. The van der Waals surface area contributed by atoms with E-state index in [0.29, 0.717) is 12.6 Å². The van der Waals surface area contributed by atoms with Gasteiger partial charge in [-0.3, -0.25) is 0 Å². The predicted molar refractivity (Wildman–Crippen MR) is 66.0 cm³/mol. The Balaban J connectivity index is 1.81. The fourth-order valence-electron chi connectivity index (χ4n) is 2.03. The number of aromatic nitrogens is 2. The summed E-state index contributed by atoms with van der Waals surface area (Å²) in [6, 6.07) is 0.608. The molecule has 0 radical (unpaired) electrons. The summed E-state index contributed by atoms with van der Waals surface area (Å²) in [5, 5.41) is 4.45. The number of nitrogens with one attached hydrogen (secondary N) is 1. The lowest BCUT2D eigenvalue weighted by Gasteiger charge is -2.21. The number of rotatable bonds is 5. The van der Waals surface area contributed by atoms with Crippen molar-refractivity contribution < 1.29 is 4.74 Å². The molecular weight excluding hydrogens is 222 g/mol. The Bertz CT molecular complexity index is 310. The third kappa shape index (κ3) is 3.42. The van der Waals surface area contributed by atoms with Crippen molar-refractivity contribution in [3.8, 4) is 0 Å². The average molecular weight is 241 g/mol. The Morgan fingerprint density at radius 2 is 2.19 bits per heavy atom. The Labute approximate surface area is 101 Å². The lowest BCUT2D eigenvalue weighted by molar-refractivity contribution is 0.201. The second kappa shape index (κ2) is 6.15. The van der Waals surface area contributed by atoms with Crippen LogP contribution in [0.2, 0.25) is 0 Å². The molecule has 0 amide bonds. The standard InChI is InChI=1S/C11H19N3OS/c1-15-8-7-10-13-11(16-14-10)12-9-5-3-2-4-6-9/h9H,2-8H2,1H3,(H,12,13,14). The Hall–Kier alpha value is -0.680. The highest BCUT2D eigenvalue weighted by Crippen LogP contribution is 2.22. The number of hydrogen-bond acceptors (Lipinski definition) is 5. The number of anilines is 1. The van der Waals surface area contributed by atoms with Crippen molar-refractivity contribution in [3.63, 3.8) is 0 Å². The molecule has 5 heteroatoms. The van der Waals surface area contributed by atoms with E-state index in [1.54, 1.807) is 7.11 Å². The number of nitrogens with zero attached hydrogens (tertiary/aromatic N) is 2. The van der Waals surface area contributed by atoms with Crippen LogP contribution in [0.3, 0.4) is 0 Å². The van der Waals surface area contributed by atoms with Crippen molar-refractivity contribution in [3.05, 3.63) is 5.82 Å². The largest absolute Gasteiger partial charge is 0.384 e. The molecule has 1 aliphatic carbocycles. The minimum atomic E-state index is 0.608. The zero-order valence-electron chi connectivity index (χ0n) is 9.74. The lowest BCUT2D eigenvalue weighted by atomic mass is 9.96. The minimum Gasteiger partial charge on any atom is -0.384 e. The molecule has 1 aliphatic rings. The predicted octanol–water partition coefficient (Wildman–Crippen LogP) is 2.47. The van der Waals surface area contributed by atoms with Crippen molar-refractivity contribution in [1.29, 1.82) is 0 Å². The molecule has 0 bridgehead atoms. The molecule has 1 heterocycles. The van der Waals surface area contributed by atoms with E-state index in [-0.39, 0.29) is 0 Å². The molecule has 1 aromatic rings. The first-order valence-electron chi connectivity index (χ1n) is 5.96. The highest BCUT2D eigenvalue weighted by atomic mass is 32.1. The van der Waals surface area contributed by atoms with Crippen molar-refractivity contribution >= 4 is 16.7 Å². The number of hydrogen-bond donors (Lipinski definition) is 1. The summed E-state index contributed by atoms with van der Waals surface area (Å²) < 4.78 is 9.32. The molecule has 2 rings (SSSR count). The summed E-state index contributed by atoms with van der Waals surface area (Å²) in [5.41, 5.74) is 0. The first kappa shape index (κ1) is 11.8. The van der Waals surface area contributed by atoms with Crippen LogP contribution in [0.15, 0.2) is 0 Å². The fraction of sp³-hybridized carbons (Fsp3) is 0.818. The summed E-state index contributed by atoms with van der Waals surface area (Å²) in [6.07, 6.45) is 7.41. The van der Waals surface area contributed by atoms with Crippen LogP contribution in [0.25, 0.3) is 0 Å². The van der Waals surface area contributed by atoms with Crippen LogP contribution < -0.4 is 5.32 Å². The molecule has 0 unspecified atom stereocenters. The highest BCUT2D eigenvalue weighted by molar-refractivity contribution is 7.09. The van der Waals surface area contributed by atoms with Gasteiger partial charge in [0.25, 0.3) is 0 Å². The van der Waals surface area contributed by atoms with Crippen LogP contribution in [0, 0.1) is 0 Å². The third-order valence-corrected chi connectivity index (χ3v) is 3.61. The van der Waals surface area contributed by atoms with Crippen LogP contribution in [-0.2, 0) is 11.2 Å². The van der Waals surface area contributed by atoms with Crippen molar-refractivity contribution in [1.82, 2.24) is 9.36 Å². The molecule has 0 aromatic carbocycles. The van der Waals surface area contributed by atoms with Gasteiger partial charge in [-0.1, -0.05) is 19.3 Å². The van der Waals surface area contributed by atoms with E-state index in [0.717, 1.165) is 17.4 Å². The van der Waals surface area contributed by atoms with E-state index in [4.69, 9.17) is 4.74 Å². The Morgan fingerprint density at radius 3 is 2.94 bits per heavy atom. The van der Waals surface area contributed by atoms with Gasteiger partial charge in [-0.05, 0) is 12.8 Å². The molecule has 1 N–H and O–H groups in total. The van der Waals surface area contributed by atoms with Gasteiger partial charge >= 0.3 is 0 Å². The third-order valence-electron chi connectivity index (χ3n) is 2.93. The van der Waals surface area contributed by atoms with Crippen LogP contribution in [0.1, 0.15) is 37.9 Å². The zero-order valence-corrected chi connectivity index (χ0v) is 10.6. The van der Waals surface area contributed by atoms with Gasteiger partial charge in [0.05, 0.1) is 6.61 Å². The van der Waals surface area contributed by atoms with E-state index in [9.17, 15) is 0 Å². The van der Waals surface area contributed by atoms with Crippen molar-refractivity contribution in [2.24, 2.45) is 0 Å². The Kier molecular flexibility index (Phi) is 4.54. The van der Waals surface area contributed by atoms with E-state index < -0.39 is 0 Å². The second-order valence-corrected chi connectivity index (χ2v) is 4.99. The summed E-state index contributed by atoms with van der Waals surface area (Å²) in [7, 11) is 1.70. The molecule has 0 aliphatic heterocycles. The van der Waals surface area contributed by atoms with E-state index in [1.807, 2.05) is 0 Å².